The number of hydrogen-bond acceptors (Lipinski definition) is 3. The van der Waals surface area contributed by atoms with E-state index >= 15 is 0 Å². The molecular formula is C15H23NO2. The molecule has 0 bridgehead atoms. The van der Waals surface area contributed by atoms with Crippen LogP contribution in [0.2, 0.25) is 0 Å². The number of rotatable bonds is 6. The Kier molecular flexibility index (Phi) is 5.86. The van der Waals surface area contributed by atoms with Gasteiger partial charge in [0.05, 0.1) is 12.5 Å². The largest absolute Gasteiger partial charge is 0.462 e. The molecule has 1 aromatic carbocycles. The molecule has 0 heterocycles. The normalized spacial score (nSPS) is 12.5. The molecule has 1 aromatic rings. The van der Waals surface area contributed by atoms with Crippen LogP contribution in [0.3, 0.4) is 0 Å². The van der Waals surface area contributed by atoms with Gasteiger partial charge in [0, 0.05) is 6.54 Å². The average Bonchev–Trinajstić information content (AvgIpc) is 2.28. The molecule has 0 fully saturated rings. The summed E-state index contributed by atoms with van der Waals surface area (Å²) in [6.07, 6.45) is 1.17. The molecule has 0 aliphatic heterocycles. The van der Waals surface area contributed by atoms with Gasteiger partial charge in [-0.3, -0.25) is 4.79 Å². The Morgan fingerprint density at radius 2 is 1.83 bits per heavy atom. The second kappa shape index (κ2) is 7.17. The highest BCUT2D eigenvalue weighted by molar-refractivity contribution is 5.73. The SMILES string of the molecule is CC(C)CC(C)OC(=O)Cc1ccccc1CN. The van der Waals surface area contributed by atoms with Crippen LogP contribution in [0.25, 0.3) is 0 Å². The quantitative estimate of drug-likeness (QED) is 0.789. The van der Waals surface area contributed by atoms with Gasteiger partial charge in [-0.15, -0.1) is 0 Å². The first-order valence-electron chi connectivity index (χ1n) is 6.49. The van der Waals surface area contributed by atoms with Crippen LogP contribution in [0.4, 0.5) is 0 Å². The average molecular weight is 249 g/mol. The molecule has 0 saturated heterocycles. The molecular weight excluding hydrogens is 226 g/mol. The third kappa shape index (κ3) is 4.88. The van der Waals surface area contributed by atoms with Gasteiger partial charge in [0.1, 0.15) is 0 Å². The van der Waals surface area contributed by atoms with Gasteiger partial charge in [-0.05, 0) is 30.4 Å². The third-order valence-electron chi connectivity index (χ3n) is 2.81. The van der Waals surface area contributed by atoms with E-state index in [0.29, 0.717) is 18.9 Å². The molecule has 0 aliphatic rings. The predicted octanol–water partition coefficient (Wildman–Crippen LogP) is 2.67. The van der Waals surface area contributed by atoms with E-state index in [1.54, 1.807) is 0 Å². The number of carbonyl (C=O) groups excluding carboxylic acids is 1. The van der Waals surface area contributed by atoms with E-state index in [9.17, 15) is 4.79 Å². The molecule has 0 saturated carbocycles. The van der Waals surface area contributed by atoms with Crippen LogP contribution in [0.15, 0.2) is 24.3 Å². The number of ether oxygens (including phenoxy) is 1. The topological polar surface area (TPSA) is 52.3 Å². The number of nitrogens with two attached hydrogens (primary N) is 1. The molecule has 0 aromatic heterocycles. The Bertz CT molecular complexity index is 388. The standard InChI is InChI=1S/C15H23NO2/c1-11(2)8-12(3)18-15(17)9-13-6-4-5-7-14(13)10-16/h4-7,11-12H,8-10,16H2,1-3H3. The zero-order valence-corrected chi connectivity index (χ0v) is 11.5. The minimum Gasteiger partial charge on any atom is -0.462 e. The zero-order valence-electron chi connectivity index (χ0n) is 11.5. The predicted molar refractivity (Wildman–Crippen MR) is 73.0 cm³/mol. The van der Waals surface area contributed by atoms with Crippen molar-refractivity contribution < 1.29 is 9.53 Å². The highest BCUT2D eigenvalue weighted by Gasteiger charge is 2.13. The minimum atomic E-state index is -0.177. The summed E-state index contributed by atoms with van der Waals surface area (Å²) < 4.78 is 5.38. The fourth-order valence-electron chi connectivity index (χ4n) is 2.06. The minimum absolute atomic E-state index is 0.0254. The summed E-state index contributed by atoms with van der Waals surface area (Å²) in [4.78, 5) is 11.8. The summed E-state index contributed by atoms with van der Waals surface area (Å²) in [6, 6.07) is 7.72. The van der Waals surface area contributed by atoms with Crippen LogP contribution in [0.1, 0.15) is 38.3 Å². The summed E-state index contributed by atoms with van der Waals surface area (Å²) >= 11 is 0. The molecule has 3 heteroatoms. The molecule has 1 unspecified atom stereocenters. The summed E-state index contributed by atoms with van der Waals surface area (Å²) in [7, 11) is 0. The second-order valence-corrected chi connectivity index (χ2v) is 5.08. The fourth-order valence-corrected chi connectivity index (χ4v) is 2.06. The number of hydrogen-bond donors (Lipinski definition) is 1. The molecule has 1 atom stereocenters. The van der Waals surface area contributed by atoms with Gasteiger partial charge in [0.2, 0.25) is 0 Å². The number of carbonyl (C=O) groups is 1. The molecule has 2 N–H and O–H groups in total. The molecule has 18 heavy (non-hydrogen) atoms. The van der Waals surface area contributed by atoms with Crippen molar-refractivity contribution in [1.29, 1.82) is 0 Å². The van der Waals surface area contributed by atoms with Gasteiger partial charge >= 0.3 is 5.97 Å². The highest BCUT2D eigenvalue weighted by Crippen LogP contribution is 2.12. The smallest absolute Gasteiger partial charge is 0.310 e. The van der Waals surface area contributed by atoms with E-state index in [2.05, 4.69) is 13.8 Å². The third-order valence-corrected chi connectivity index (χ3v) is 2.81. The van der Waals surface area contributed by atoms with Crippen molar-refractivity contribution in [3.63, 3.8) is 0 Å². The Labute approximate surface area is 109 Å². The summed E-state index contributed by atoms with van der Waals surface area (Å²) in [5.74, 6) is 0.355. The maximum atomic E-state index is 11.8. The van der Waals surface area contributed by atoms with E-state index in [0.717, 1.165) is 17.5 Å². The first kappa shape index (κ1) is 14.7. The Morgan fingerprint density at radius 3 is 2.39 bits per heavy atom. The van der Waals surface area contributed by atoms with Gasteiger partial charge in [0.15, 0.2) is 0 Å². The lowest BCUT2D eigenvalue weighted by atomic mass is 10.0. The molecule has 0 aliphatic carbocycles. The van der Waals surface area contributed by atoms with Gasteiger partial charge < -0.3 is 10.5 Å². The fraction of sp³-hybridized carbons (Fsp3) is 0.533. The maximum Gasteiger partial charge on any atom is 0.310 e. The van der Waals surface area contributed by atoms with Crippen molar-refractivity contribution >= 4 is 5.97 Å². The van der Waals surface area contributed by atoms with E-state index in [1.807, 2.05) is 31.2 Å². The van der Waals surface area contributed by atoms with Crippen molar-refractivity contribution in [3.8, 4) is 0 Å². The molecule has 0 amide bonds. The Balaban J connectivity index is 2.54. The van der Waals surface area contributed by atoms with Gasteiger partial charge in [-0.1, -0.05) is 38.1 Å². The van der Waals surface area contributed by atoms with E-state index in [1.165, 1.54) is 0 Å². The van der Waals surface area contributed by atoms with Crippen molar-refractivity contribution in [2.75, 3.05) is 0 Å². The summed E-state index contributed by atoms with van der Waals surface area (Å²) in [6.45, 7) is 6.62. The van der Waals surface area contributed by atoms with Crippen molar-refractivity contribution in [2.45, 2.75) is 46.3 Å². The molecule has 3 nitrogen and oxygen atoms in total. The van der Waals surface area contributed by atoms with Crippen molar-refractivity contribution in [2.24, 2.45) is 11.7 Å². The van der Waals surface area contributed by atoms with Crippen molar-refractivity contribution in [3.05, 3.63) is 35.4 Å². The van der Waals surface area contributed by atoms with E-state index < -0.39 is 0 Å². The maximum absolute atomic E-state index is 11.8. The van der Waals surface area contributed by atoms with Crippen LogP contribution in [-0.2, 0) is 22.5 Å². The van der Waals surface area contributed by atoms with Gasteiger partial charge in [-0.25, -0.2) is 0 Å². The Hall–Kier alpha value is -1.35. The number of esters is 1. The van der Waals surface area contributed by atoms with Gasteiger partial charge in [0.25, 0.3) is 0 Å². The monoisotopic (exact) mass is 249 g/mol. The van der Waals surface area contributed by atoms with Crippen LogP contribution in [-0.4, -0.2) is 12.1 Å². The van der Waals surface area contributed by atoms with Crippen LogP contribution < -0.4 is 5.73 Å². The number of benzene rings is 1. The first-order chi connectivity index (χ1) is 8.52. The first-order valence-corrected chi connectivity index (χ1v) is 6.49. The lowest BCUT2D eigenvalue weighted by Gasteiger charge is -2.15. The lowest BCUT2D eigenvalue weighted by molar-refractivity contribution is -0.148. The van der Waals surface area contributed by atoms with E-state index in [-0.39, 0.29) is 12.1 Å². The van der Waals surface area contributed by atoms with Crippen LogP contribution >= 0.6 is 0 Å². The molecule has 0 radical (unpaired) electrons. The van der Waals surface area contributed by atoms with Crippen LogP contribution in [0, 0.1) is 5.92 Å². The van der Waals surface area contributed by atoms with Crippen LogP contribution in [0.5, 0.6) is 0 Å². The molecule has 0 spiro atoms. The zero-order chi connectivity index (χ0) is 13.5. The second-order valence-electron chi connectivity index (χ2n) is 5.08. The molecule has 1 rings (SSSR count). The van der Waals surface area contributed by atoms with Gasteiger partial charge in [-0.2, -0.15) is 0 Å². The van der Waals surface area contributed by atoms with E-state index in [4.69, 9.17) is 10.5 Å². The molecule has 100 valence electrons. The van der Waals surface area contributed by atoms with Crippen molar-refractivity contribution in [1.82, 2.24) is 0 Å². The highest BCUT2D eigenvalue weighted by atomic mass is 16.5. The summed E-state index contributed by atoms with van der Waals surface area (Å²) in [5.41, 5.74) is 7.61. The Morgan fingerprint density at radius 1 is 1.22 bits per heavy atom. The summed E-state index contributed by atoms with van der Waals surface area (Å²) in [5, 5.41) is 0. The lowest BCUT2D eigenvalue weighted by Crippen LogP contribution is -2.19.